The SMILES string of the molecule is COC1=CCC(=O)OC(c2ccc(C(F)(F)F)cc2)=C1. The second kappa shape index (κ2) is 5.40. The van der Waals surface area contributed by atoms with Crippen LogP contribution >= 0.6 is 0 Å². The Morgan fingerprint density at radius 3 is 2.40 bits per heavy atom. The monoisotopic (exact) mass is 284 g/mol. The van der Waals surface area contributed by atoms with Crippen molar-refractivity contribution in [3.8, 4) is 0 Å². The smallest absolute Gasteiger partial charge is 0.416 e. The quantitative estimate of drug-likeness (QED) is 0.779. The first-order chi connectivity index (χ1) is 9.40. The Morgan fingerprint density at radius 1 is 1.20 bits per heavy atom. The molecule has 1 aromatic rings. The zero-order chi connectivity index (χ0) is 14.8. The summed E-state index contributed by atoms with van der Waals surface area (Å²) in [6.07, 6.45) is -1.35. The topological polar surface area (TPSA) is 35.5 Å². The van der Waals surface area contributed by atoms with E-state index < -0.39 is 17.7 Å². The lowest BCUT2D eigenvalue weighted by molar-refractivity contribution is -0.138. The summed E-state index contributed by atoms with van der Waals surface area (Å²) in [5.41, 5.74) is -0.388. The standard InChI is InChI=1S/C14H11F3O3/c1-19-11-6-7-13(18)20-12(8-11)9-2-4-10(5-3-9)14(15,16)17/h2-6,8H,7H2,1H3. The number of esters is 1. The number of benzene rings is 1. The van der Waals surface area contributed by atoms with Gasteiger partial charge in [0.15, 0.2) is 0 Å². The molecule has 0 fully saturated rings. The average molecular weight is 284 g/mol. The molecule has 0 radical (unpaired) electrons. The molecule has 0 aliphatic carbocycles. The fourth-order valence-electron chi connectivity index (χ4n) is 1.67. The second-order valence-electron chi connectivity index (χ2n) is 4.07. The summed E-state index contributed by atoms with van der Waals surface area (Å²) in [5.74, 6) is 0.0864. The lowest BCUT2D eigenvalue weighted by atomic mass is 10.1. The maximum Gasteiger partial charge on any atom is 0.416 e. The van der Waals surface area contributed by atoms with Crippen molar-refractivity contribution in [1.29, 1.82) is 0 Å². The molecule has 0 amide bonds. The van der Waals surface area contributed by atoms with E-state index in [1.807, 2.05) is 0 Å². The van der Waals surface area contributed by atoms with Crippen molar-refractivity contribution in [3.63, 3.8) is 0 Å². The largest absolute Gasteiger partial charge is 0.497 e. The molecule has 0 unspecified atom stereocenters. The summed E-state index contributed by atoms with van der Waals surface area (Å²) in [6, 6.07) is 4.37. The highest BCUT2D eigenvalue weighted by atomic mass is 19.4. The van der Waals surface area contributed by atoms with Gasteiger partial charge in [-0.05, 0) is 18.2 Å². The van der Waals surface area contributed by atoms with E-state index in [-0.39, 0.29) is 12.2 Å². The molecule has 3 nitrogen and oxygen atoms in total. The van der Waals surface area contributed by atoms with Crippen molar-refractivity contribution >= 4 is 11.7 Å². The molecule has 20 heavy (non-hydrogen) atoms. The van der Waals surface area contributed by atoms with Crippen molar-refractivity contribution in [3.05, 3.63) is 53.3 Å². The van der Waals surface area contributed by atoms with Crippen LogP contribution < -0.4 is 0 Å². The number of hydrogen-bond donors (Lipinski definition) is 0. The number of allylic oxidation sites excluding steroid dienone is 1. The lowest BCUT2D eigenvalue weighted by Crippen LogP contribution is -2.05. The molecule has 2 rings (SSSR count). The fraction of sp³-hybridized carbons (Fsp3) is 0.214. The Balaban J connectivity index is 2.33. The molecule has 1 aliphatic heterocycles. The van der Waals surface area contributed by atoms with E-state index in [0.717, 1.165) is 12.1 Å². The molecule has 1 heterocycles. The van der Waals surface area contributed by atoms with Crippen LogP contribution in [0.4, 0.5) is 13.2 Å². The van der Waals surface area contributed by atoms with Crippen LogP contribution in [-0.2, 0) is 20.4 Å². The average Bonchev–Trinajstić information content (AvgIpc) is 2.60. The number of methoxy groups -OCH3 is 1. The minimum Gasteiger partial charge on any atom is -0.497 e. The summed E-state index contributed by atoms with van der Waals surface area (Å²) >= 11 is 0. The highest BCUT2D eigenvalue weighted by Gasteiger charge is 2.30. The highest BCUT2D eigenvalue weighted by molar-refractivity contribution is 5.81. The van der Waals surface area contributed by atoms with Gasteiger partial charge in [0.05, 0.1) is 19.1 Å². The normalized spacial score (nSPS) is 15.9. The molecular weight excluding hydrogens is 273 g/mol. The number of carbonyl (C=O) groups excluding carboxylic acids is 1. The number of cyclic esters (lactones) is 1. The first-order valence-corrected chi connectivity index (χ1v) is 5.74. The van der Waals surface area contributed by atoms with Gasteiger partial charge in [-0.25, -0.2) is 0 Å². The minimum atomic E-state index is -4.40. The van der Waals surface area contributed by atoms with E-state index >= 15 is 0 Å². The van der Waals surface area contributed by atoms with E-state index in [4.69, 9.17) is 9.47 Å². The summed E-state index contributed by atoms with van der Waals surface area (Å²) in [6.45, 7) is 0. The van der Waals surface area contributed by atoms with Gasteiger partial charge in [0.25, 0.3) is 0 Å². The number of rotatable bonds is 2. The number of halogens is 3. The molecule has 0 aromatic heterocycles. The third-order valence-corrected chi connectivity index (χ3v) is 2.70. The maximum atomic E-state index is 12.5. The van der Waals surface area contributed by atoms with Gasteiger partial charge < -0.3 is 9.47 Å². The van der Waals surface area contributed by atoms with Crippen LogP contribution in [0.2, 0.25) is 0 Å². The van der Waals surface area contributed by atoms with E-state index in [2.05, 4.69) is 0 Å². The van der Waals surface area contributed by atoms with E-state index in [9.17, 15) is 18.0 Å². The van der Waals surface area contributed by atoms with Gasteiger partial charge in [-0.2, -0.15) is 13.2 Å². The van der Waals surface area contributed by atoms with Crippen LogP contribution in [-0.4, -0.2) is 13.1 Å². The highest BCUT2D eigenvalue weighted by Crippen LogP contribution is 2.31. The first-order valence-electron chi connectivity index (χ1n) is 5.74. The van der Waals surface area contributed by atoms with Crippen LogP contribution in [0.25, 0.3) is 5.76 Å². The molecule has 0 saturated heterocycles. The molecule has 1 aromatic carbocycles. The zero-order valence-electron chi connectivity index (χ0n) is 10.5. The number of alkyl halides is 3. The molecule has 0 N–H and O–H groups in total. The van der Waals surface area contributed by atoms with Crippen molar-refractivity contribution < 1.29 is 27.4 Å². The molecule has 106 valence electrons. The third kappa shape index (κ3) is 3.20. The molecular formula is C14H11F3O3. The van der Waals surface area contributed by atoms with Crippen LogP contribution in [0.15, 0.2) is 42.2 Å². The number of hydrogen-bond acceptors (Lipinski definition) is 3. The molecule has 0 saturated carbocycles. The van der Waals surface area contributed by atoms with Crippen LogP contribution in [0.1, 0.15) is 17.5 Å². The van der Waals surface area contributed by atoms with Gasteiger partial charge in [-0.3, -0.25) is 4.79 Å². The van der Waals surface area contributed by atoms with Crippen molar-refractivity contribution in [2.45, 2.75) is 12.6 Å². The van der Waals surface area contributed by atoms with Gasteiger partial charge >= 0.3 is 12.1 Å². The van der Waals surface area contributed by atoms with Crippen molar-refractivity contribution in [2.75, 3.05) is 7.11 Å². The number of carbonyl (C=O) groups is 1. The van der Waals surface area contributed by atoms with Crippen molar-refractivity contribution in [2.24, 2.45) is 0 Å². The first kappa shape index (κ1) is 14.2. The lowest BCUT2D eigenvalue weighted by Gasteiger charge is -2.10. The minimum absolute atomic E-state index is 0.0454. The molecule has 0 spiro atoms. The zero-order valence-corrected chi connectivity index (χ0v) is 10.5. The van der Waals surface area contributed by atoms with E-state index in [1.54, 1.807) is 6.08 Å². The number of ether oxygens (including phenoxy) is 2. The van der Waals surface area contributed by atoms with E-state index in [0.29, 0.717) is 11.3 Å². The Labute approximate surface area is 113 Å². The Bertz CT molecular complexity index is 568. The summed E-state index contributed by atoms with van der Waals surface area (Å²) < 4.78 is 47.5. The van der Waals surface area contributed by atoms with E-state index in [1.165, 1.54) is 25.3 Å². The summed E-state index contributed by atoms with van der Waals surface area (Å²) in [7, 11) is 1.43. The molecule has 0 bridgehead atoms. The predicted molar refractivity (Wildman–Crippen MR) is 65.2 cm³/mol. The molecule has 6 heteroatoms. The summed E-state index contributed by atoms with van der Waals surface area (Å²) in [5, 5.41) is 0. The maximum absolute atomic E-state index is 12.5. The third-order valence-electron chi connectivity index (χ3n) is 2.70. The van der Waals surface area contributed by atoms with Gasteiger partial charge in [0, 0.05) is 11.6 Å². The fourth-order valence-corrected chi connectivity index (χ4v) is 1.67. The van der Waals surface area contributed by atoms with Gasteiger partial charge in [-0.15, -0.1) is 0 Å². The Morgan fingerprint density at radius 2 is 1.85 bits per heavy atom. The molecule has 1 aliphatic rings. The second-order valence-corrected chi connectivity index (χ2v) is 4.07. The van der Waals surface area contributed by atoms with Crippen LogP contribution in [0.3, 0.4) is 0 Å². The molecule has 0 atom stereocenters. The summed E-state index contributed by atoms with van der Waals surface area (Å²) in [4.78, 5) is 11.4. The Kier molecular flexibility index (Phi) is 3.83. The predicted octanol–water partition coefficient (Wildman–Crippen LogP) is 3.52. The van der Waals surface area contributed by atoms with Crippen LogP contribution in [0, 0.1) is 0 Å². The van der Waals surface area contributed by atoms with Gasteiger partial charge in [0.2, 0.25) is 0 Å². The van der Waals surface area contributed by atoms with Gasteiger partial charge in [-0.1, -0.05) is 12.1 Å². The van der Waals surface area contributed by atoms with Crippen molar-refractivity contribution in [1.82, 2.24) is 0 Å². The van der Waals surface area contributed by atoms with Crippen LogP contribution in [0.5, 0.6) is 0 Å². The Hall–Kier alpha value is -2.24. The van der Waals surface area contributed by atoms with Gasteiger partial charge in [0.1, 0.15) is 11.5 Å².